The van der Waals surface area contributed by atoms with Crippen LogP contribution < -0.4 is 11.1 Å². The van der Waals surface area contributed by atoms with Gasteiger partial charge in [-0.3, -0.25) is 4.79 Å². The fourth-order valence-electron chi connectivity index (χ4n) is 2.20. The van der Waals surface area contributed by atoms with Gasteiger partial charge in [-0.05, 0) is 43.7 Å². The van der Waals surface area contributed by atoms with Gasteiger partial charge in [-0.15, -0.1) is 12.4 Å². The summed E-state index contributed by atoms with van der Waals surface area (Å²) in [5.74, 6) is -0.269. The van der Waals surface area contributed by atoms with Crippen molar-refractivity contribution in [2.75, 3.05) is 12.8 Å². The molecule has 2 aromatic carbocycles. The summed E-state index contributed by atoms with van der Waals surface area (Å²) in [6, 6.07) is 13.2. The van der Waals surface area contributed by atoms with Gasteiger partial charge in [0.05, 0.1) is 10.5 Å². The van der Waals surface area contributed by atoms with Gasteiger partial charge in [-0.25, -0.2) is 8.42 Å². The van der Waals surface area contributed by atoms with Crippen LogP contribution in [0.15, 0.2) is 53.4 Å². The number of carbonyl (C=O) groups is 1. The number of rotatable bonds is 6. The molecular weight excluding hydrogens is 374 g/mol. The predicted octanol–water partition coefficient (Wildman–Crippen LogP) is 2.65. The molecule has 0 aliphatic carbocycles. The standard InChI is InChI=1S/C18H23N3O3S.ClH/c1-13(2)21(3)25(23,24)15-10-8-14(9-11-15)12-20-18(22)16-6-4-5-7-17(16)19;/h4-11,13H,12,19H2,1-3H3,(H,20,22);1H. The van der Waals surface area contributed by atoms with Crippen LogP contribution in [0.1, 0.15) is 29.8 Å². The average molecular weight is 398 g/mol. The molecule has 26 heavy (non-hydrogen) atoms. The Morgan fingerprint density at radius 1 is 1.12 bits per heavy atom. The molecule has 8 heteroatoms. The Bertz CT molecular complexity index is 852. The van der Waals surface area contributed by atoms with Crippen LogP contribution in [-0.4, -0.2) is 31.7 Å². The van der Waals surface area contributed by atoms with Gasteiger partial charge in [0.1, 0.15) is 0 Å². The number of halogens is 1. The first-order valence-electron chi connectivity index (χ1n) is 7.93. The second kappa shape index (κ2) is 9.02. The Kier molecular flexibility index (Phi) is 7.62. The number of carbonyl (C=O) groups excluding carboxylic acids is 1. The van der Waals surface area contributed by atoms with Crippen molar-refractivity contribution < 1.29 is 13.2 Å². The van der Waals surface area contributed by atoms with Crippen molar-refractivity contribution in [3.8, 4) is 0 Å². The Morgan fingerprint density at radius 2 is 1.69 bits per heavy atom. The minimum Gasteiger partial charge on any atom is -0.398 e. The van der Waals surface area contributed by atoms with E-state index in [-0.39, 0.29) is 35.8 Å². The van der Waals surface area contributed by atoms with Crippen molar-refractivity contribution in [3.05, 3.63) is 59.7 Å². The van der Waals surface area contributed by atoms with Crippen LogP contribution in [0.2, 0.25) is 0 Å². The van der Waals surface area contributed by atoms with Crippen LogP contribution in [0.3, 0.4) is 0 Å². The first-order chi connectivity index (χ1) is 11.7. The summed E-state index contributed by atoms with van der Waals surface area (Å²) >= 11 is 0. The van der Waals surface area contributed by atoms with E-state index in [0.29, 0.717) is 11.3 Å². The fraction of sp³-hybridized carbons (Fsp3) is 0.278. The zero-order chi connectivity index (χ0) is 18.6. The SMILES string of the molecule is CC(C)N(C)S(=O)(=O)c1ccc(CNC(=O)c2ccccc2N)cc1.Cl. The summed E-state index contributed by atoms with van der Waals surface area (Å²) in [5, 5.41) is 2.78. The quantitative estimate of drug-likeness (QED) is 0.733. The Morgan fingerprint density at radius 3 is 2.23 bits per heavy atom. The molecule has 0 radical (unpaired) electrons. The highest BCUT2D eigenvalue weighted by Crippen LogP contribution is 2.17. The van der Waals surface area contributed by atoms with Crippen molar-refractivity contribution in [1.82, 2.24) is 9.62 Å². The third kappa shape index (κ3) is 4.97. The maximum atomic E-state index is 12.4. The number of nitrogens with two attached hydrogens (primary N) is 1. The number of sulfonamides is 1. The molecule has 0 aliphatic rings. The van der Waals surface area contributed by atoms with Crippen molar-refractivity contribution in [1.29, 1.82) is 0 Å². The maximum Gasteiger partial charge on any atom is 0.253 e. The molecule has 0 saturated carbocycles. The molecule has 0 atom stereocenters. The molecule has 0 heterocycles. The maximum absolute atomic E-state index is 12.4. The van der Waals surface area contributed by atoms with Crippen LogP contribution in [-0.2, 0) is 16.6 Å². The number of nitrogens with one attached hydrogen (secondary N) is 1. The molecule has 142 valence electrons. The van der Waals surface area contributed by atoms with E-state index in [1.807, 2.05) is 13.8 Å². The summed E-state index contributed by atoms with van der Waals surface area (Å²) in [4.78, 5) is 12.4. The number of benzene rings is 2. The Labute approximate surface area is 160 Å². The highest BCUT2D eigenvalue weighted by Gasteiger charge is 2.22. The van der Waals surface area contributed by atoms with E-state index in [9.17, 15) is 13.2 Å². The molecule has 0 spiro atoms. The molecule has 1 amide bonds. The smallest absolute Gasteiger partial charge is 0.253 e. The Hall–Kier alpha value is -2.09. The van der Waals surface area contributed by atoms with Crippen LogP contribution >= 0.6 is 12.4 Å². The molecule has 6 nitrogen and oxygen atoms in total. The van der Waals surface area contributed by atoms with Gasteiger partial charge in [0, 0.05) is 25.3 Å². The summed E-state index contributed by atoms with van der Waals surface area (Å²) in [6.07, 6.45) is 0. The lowest BCUT2D eigenvalue weighted by molar-refractivity contribution is 0.0952. The highest BCUT2D eigenvalue weighted by atomic mass is 35.5. The van der Waals surface area contributed by atoms with E-state index in [0.717, 1.165) is 5.56 Å². The molecule has 0 aliphatic heterocycles. The third-order valence-electron chi connectivity index (χ3n) is 3.99. The molecule has 2 aromatic rings. The predicted molar refractivity (Wildman–Crippen MR) is 106 cm³/mol. The summed E-state index contributed by atoms with van der Waals surface area (Å²) < 4.78 is 26.2. The van der Waals surface area contributed by atoms with Crippen molar-refractivity contribution in [2.45, 2.75) is 31.3 Å². The van der Waals surface area contributed by atoms with Crippen molar-refractivity contribution >= 4 is 34.0 Å². The second-order valence-electron chi connectivity index (χ2n) is 6.03. The number of para-hydroxylation sites is 1. The zero-order valence-electron chi connectivity index (χ0n) is 15.0. The summed E-state index contributed by atoms with van der Waals surface area (Å²) in [5.41, 5.74) is 7.41. The minimum atomic E-state index is -3.51. The lowest BCUT2D eigenvalue weighted by Crippen LogP contribution is -2.33. The lowest BCUT2D eigenvalue weighted by atomic mass is 10.1. The van der Waals surface area contributed by atoms with Gasteiger partial charge in [0.15, 0.2) is 0 Å². The monoisotopic (exact) mass is 397 g/mol. The highest BCUT2D eigenvalue weighted by molar-refractivity contribution is 7.89. The first kappa shape index (κ1) is 22.0. The van der Waals surface area contributed by atoms with E-state index >= 15 is 0 Å². The third-order valence-corrected chi connectivity index (χ3v) is 6.03. The fourth-order valence-corrected chi connectivity index (χ4v) is 3.57. The van der Waals surface area contributed by atoms with Gasteiger partial charge in [0.2, 0.25) is 10.0 Å². The van der Waals surface area contributed by atoms with Gasteiger partial charge < -0.3 is 11.1 Å². The minimum absolute atomic E-state index is 0. The largest absolute Gasteiger partial charge is 0.398 e. The first-order valence-corrected chi connectivity index (χ1v) is 9.37. The van der Waals surface area contributed by atoms with Gasteiger partial charge >= 0.3 is 0 Å². The van der Waals surface area contributed by atoms with Crippen LogP contribution in [0.4, 0.5) is 5.69 Å². The van der Waals surface area contributed by atoms with E-state index in [4.69, 9.17) is 5.73 Å². The normalized spacial score (nSPS) is 11.3. The van der Waals surface area contributed by atoms with E-state index in [2.05, 4.69) is 5.32 Å². The van der Waals surface area contributed by atoms with Crippen LogP contribution in [0, 0.1) is 0 Å². The lowest BCUT2D eigenvalue weighted by Gasteiger charge is -2.21. The number of hydrogen-bond donors (Lipinski definition) is 2. The molecule has 0 saturated heterocycles. The number of hydrogen-bond acceptors (Lipinski definition) is 4. The summed E-state index contributed by atoms with van der Waals surface area (Å²) in [6.45, 7) is 3.92. The average Bonchev–Trinajstić information content (AvgIpc) is 2.59. The number of nitrogen functional groups attached to an aromatic ring is 1. The van der Waals surface area contributed by atoms with Crippen LogP contribution in [0.25, 0.3) is 0 Å². The molecule has 2 rings (SSSR count). The number of nitrogens with zero attached hydrogens (tertiary/aromatic N) is 1. The second-order valence-corrected chi connectivity index (χ2v) is 8.03. The topological polar surface area (TPSA) is 92.5 Å². The molecule has 0 fully saturated rings. The molecule has 0 unspecified atom stereocenters. The van der Waals surface area contributed by atoms with E-state index in [1.165, 1.54) is 4.31 Å². The van der Waals surface area contributed by atoms with E-state index < -0.39 is 10.0 Å². The van der Waals surface area contributed by atoms with E-state index in [1.54, 1.807) is 55.6 Å². The summed E-state index contributed by atoms with van der Waals surface area (Å²) in [7, 11) is -1.95. The van der Waals surface area contributed by atoms with Crippen LogP contribution in [0.5, 0.6) is 0 Å². The molecule has 0 bridgehead atoms. The molecular formula is C18H24ClN3O3S. The Balaban J connectivity index is 0.00000338. The number of anilines is 1. The van der Waals surface area contributed by atoms with Crippen molar-refractivity contribution in [3.63, 3.8) is 0 Å². The van der Waals surface area contributed by atoms with Gasteiger partial charge in [-0.1, -0.05) is 24.3 Å². The van der Waals surface area contributed by atoms with Gasteiger partial charge in [-0.2, -0.15) is 4.31 Å². The van der Waals surface area contributed by atoms with Crippen molar-refractivity contribution in [2.24, 2.45) is 0 Å². The molecule has 0 aromatic heterocycles. The molecule has 3 N–H and O–H groups in total. The zero-order valence-corrected chi connectivity index (χ0v) is 16.6. The van der Waals surface area contributed by atoms with Gasteiger partial charge in [0.25, 0.3) is 5.91 Å². The number of amides is 1.